The van der Waals surface area contributed by atoms with Gasteiger partial charge in [0.2, 0.25) is 4.24 Å². The summed E-state index contributed by atoms with van der Waals surface area (Å²) in [6.07, 6.45) is 5.27. The van der Waals surface area contributed by atoms with Crippen LogP contribution in [0, 0.1) is 5.92 Å². The van der Waals surface area contributed by atoms with Crippen LogP contribution in [0.1, 0.15) is 19.3 Å². The molecule has 3 aliphatic rings. The van der Waals surface area contributed by atoms with Gasteiger partial charge in [0.25, 0.3) is 0 Å². The molecule has 1 spiro atoms. The van der Waals surface area contributed by atoms with Crippen molar-refractivity contribution < 1.29 is 9.29 Å². The van der Waals surface area contributed by atoms with E-state index in [2.05, 4.69) is 17.0 Å². The SMILES string of the molecule is C=N/C=C(\SCC1CC1)[S+]([O-])N1CCOC2(CCNC2)C1. The highest BCUT2D eigenvalue weighted by molar-refractivity contribution is 8.17. The number of aliphatic imine (C=N–C) groups is 1. The molecule has 2 aliphatic heterocycles. The van der Waals surface area contributed by atoms with Crippen molar-refractivity contribution in [2.75, 3.05) is 38.5 Å². The maximum atomic E-state index is 12.8. The minimum atomic E-state index is -1.14. The Labute approximate surface area is 133 Å². The molecule has 0 radical (unpaired) electrons. The van der Waals surface area contributed by atoms with Crippen LogP contribution in [0.5, 0.6) is 0 Å². The lowest BCUT2D eigenvalue weighted by molar-refractivity contribution is -0.0750. The summed E-state index contributed by atoms with van der Waals surface area (Å²) in [4.78, 5) is 3.84. The second kappa shape index (κ2) is 7.02. The Morgan fingerprint density at radius 2 is 2.48 bits per heavy atom. The van der Waals surface area contributed by atoms with Gasteiger partial charge in [-0.1, -0.05) is 11.8 Å². The number of hydrogen-bond acceptors (Lipinski definition) is 6. The Bertz CT molecular complexity index is 409. The van der Waals surface area contributed by atoms with E-state index in [-0.39, 0.29) is 5.60 Å². The first-order valence-corrected chi connectivity index (χ1v) is 9.62. The molecule has 118 valence electrons. The minimum absolute atomic E-state index is 0.151. The van der Waals surface area contributed by atoms with Gasteiger partial charge in [-0.05, 0) is 38.4 Å². The largest absolute Gasteiger partial charge is 0.592 e. The van der Waals surface area contributed by atoms with Crippen LogP contribution in [-0.4, -0.2) is 59.7 Å². The molecule has 1 saturated carbocycles. The van der Waals surface area contributed by atoms with Crippen molar-refractivity contribution in [2.24, 2.45) is 10.9 Å². The van der Waals surface area contributed by atoms with Gasteiger partial charge in [-0.3, -0.25) is 4.99 Å². The standard InChI is InChI=1S/C14H23N3O2S2/c1-15-8-13(20-9-12-2-3-12)21(18)17-6-7-19-14(11-17)4-5-16-10-14/h8,12,16H,1-7,9-11H2/b13-8+. The first-order valence-electron chi connectivity index (χ1n) is 7.53. The summed E-state index contributed by atoms with van der Waals surface area (Å²) in [5, 5.41) is 3.35. The fourth-order valence-corrected chi connectivity index (χ4v) is 5.57. The number of thioether (sulfide) groups is 1. The van der Waals surface area contributed by atoms with Gasteiger partial charge >= 0.3 is 0 Å². The van der Waals surface area contributed by atoms with E-state index in [0.29, 0.717) is 13.2 Å². The highest BCUT2D eigenvalue weighted by Crippen LogP contribution is 2.38. The van der Waals surface area contributed by atoms with Crippen molar-refractivity contribution in [1.82, 2.24) is 9.62 Å². The second-order valence-corrected chi connectivity index (χ2v) is 8.73. The van der Waals surface area contributed by atoms with Crippen molar-refractivity contribution in [3.8, 4) is 0 Å². The quantitative estimate of drug-likeness (QED) is 0.589. The molecule has 2 atom stereocenters. The molecule has 0 bridgehead atoms. The van der Waals surface area contributed by atoms with Crippen molar-refractivity contribution in [3.05, 3.63) is 10.4 Å². The van der Waals surface area contributed by atoms with Crippen LogP contribution in [0.4, 0.5) is 0 Å². The predicted molar refractivity (Wildman–Crippen MR) is 88.7 cm³/mol. The van der Waals surface area contributed by atoms with Gasteiger partial charge in [-0.2, -0.15) is 0 Å². The Morgan fingerprint density at radius 1 is 1.62 bits per heavy atom. The number of nitrogens with one attached hydrogen (secondary N) is 1. The zero-order chi connectivity index (χ0) is 14.7. The first kappa shape index (κ1) is 15.8. The van der Waals surface area contributed by atoms with E-state index in [9.17, 15) is 4.55 Å². The number of ether oxygens (including phenoxy) is 1. The van der Waals surface area contributed by atoms with Crippen LogP contribution in [0.3, 0.4) is 0 Å². The molecule has 21 heavy (non-hydrogen) atoms. The Hall–Kier alpha value is -0.0500. The van der Waals surface area contributed by atoms with Crippen molar-refractivity contribution >= 4 is 29.8 Å². The molecule has 0 aromatic carbocycles. The van der Waals surface area contributed by atoms with Crippen LogP contribution in [-0.2, 0) is 16.1 Å². The molecule has 2 heterocycles. The predicted octanol–water partition coefficient (Wildman–Crippen LogP) is 1.36. The zero-order valence-corrected chi connectivity index (χ0v) is 13.9. The maximum Gasteiger partial charge on any atom is 0.225 e. The Kier molecular flexibility index (Phi) is 5.29. The average molecular weight is 329 g/mol. The molecule has 2 saturated heterocycles. The third-order valence-corrected chi connectivity index (χ3v) is 7.22. The molecular weight excluding hydrogens is 306 g/mol. The number of morpholine rings is 1. The van der Waals surface area contributed by atoms with Crippen LogP contribution in [0.15, 0.2) is 15.4 Å². The summed E-state index contributed by atoms with van der Waals surface area (Å²) in [5.41, 5.74) is -0.151. The van der Waals surface area contributed by atoms with Crippen molar-refractivity contribution in [3.63, 3.8) is 0 Å². The fraction of sp³-hybridized carbons (Fsp3) is 0.786. The van der Waals surface area contributed by atoms with Crippen LogP contribution in [0.25, 0.3) is 0 Å². The fourth-order valence-electron chi connectivity index (χ4n) is 2.75. The molecule has 3 fully saturated rings. The summed E-state index contributed by atoms with van der Waals surface area (Å²) < 4.78 is 21.7. The number of nitrogens with zero attached hydrogens (tertiary/aromatic N) is 2. The van der Waals surface area contributed by atoms with Crippen LogP contribution >= 0.6 is 11.8 Å². The summed E-state index contributed by atoms with van der Waals surface area (Å²) >= 11 is 0.540. The molecule has 0 aromatic heterocycles. The van der Waals surface area contributed by atoms with Gasteiger partial charge in [0.05, 0.1) is 42.9 Å². The van der Waals surface area contributed by atoms with Gasteiger partial charge < -0.3 is 14.6 Å². The van der Waals surface area contributed by atoms with Gasteiger partial charge in [0, 0.05) is 12.3 Å². The first-order chi connectivity index (χ1) is 10.2. The highest BCUT2D eigenvalue weighted by Gasteiger charge is 2.44. The lowest BCUT2D eigenvalue weighted by atomic mass is 10.0. The Morgan fingerprint density at radius 3 is 3.14 bits per heavy atom. The minimum Gasteiger partial charge on any atom is -0.592 e. The third-order valence-electron chi connectivity index (χ3n) is 4.18. The lowest BCUT2D eigenvalue weighted by Crippen LogP contribution is -2.54. The lowest BCUT2D eigenvalue weighted by Gasteiger charge is -2.39. The third kappa shape index (κ3) is 4.03. The van der Waals surface area contributed by atoms with E-state index in [1.165, 1.54) is 12.8 Å². The molecule has 5 nitrogen and oxygen atoms in total. The molecule has 0 amide bonds. The van der Waals surface area contributed by atoms with E-state index in [0.717, 1.165) is 42.0 Å². The van der Waals surface area contributed by atoms with Gasteiger partial charge in [-0.15, -0.1) is 4.31 Å². The normalized spacial score (nSPS) is 32.5. The highest BCUT2D eigenvalue weighted by atomic mass is 32.3. The molecule has 1 aliphatic carbocycles. The topological polar surface area (TPSA) is 59.9 Å². The Balaban J connectivity index is 1.61. The average Bonchev–Trinajstić information content (AvgIpc) is 3.23. The number of hydrogen-bond donors (Lipinski definition) is 1. The van der Waals surface area contributed by atoms with Crippen molar-refractivity contribution in [2.45, 2.75) is 24.9 Å². The van der Waals surface area contributed by atoms with E-state index in [1.54, 1.807) is 18.0 Å². The van der Waals surface area contributed by atoms with Gasteiger partial charge in [0.15, 0.2) is 0 Å². The molecule has 1 N–H and O–H groups in total. The molecular formula is C14H23N3O2S2. The van der Waals surface area contributed by atoms with Crippen LogP contribution in [0.2, 0.25) is 0 Å². The monoisotopic (exact) mass is 329 g/mol. The summed E-state index contributed by atoms with van der Waals surface area (Å²) in [7, 11) is 0. The number of rotatable bonds is 6. The molecule has 7 heteroatoms. The van der Waals surface area contributed by atoms with Crippen LogP contribution < -0.4 is 5.32 Å². The summed E-state index contributed by atoms with van der Waals surface area (Å²) in [6, 6.07) is 0. The second-order valence-electron chi connectivity index (χ2n) is 5.96. The van der Waals surface area contributed by atoms with E-state index in [4.69, 9.17) is 4.74 Å². The van der Waals surface area contributed by atoms with Crippen molar-refractivity contribution in [1.29, 1.82) is 0 Å². The summed E-state index contributed by atoms with van der Waals surface area (Å²) in [5.74, 6) is 1.85. The van der Waals surface area contributed by atoms with E-state index >= 15 is 0 Å². The summed E-state index contributed by atoms with van der Waals surface area (Å²) in [6.45, 7) is 7.44. The van der Waals surface area contributed by atoms with Gasteiger partial charge in [-0.25, -0.2) is 0 Å². The van der Waals surface area contributed by atoms with Gasteiger partial charge in [0.1, 0.15) is 0 Å². The maximum absolute atomic E-state index is 12.8. The molecule has 0 aromatic rings. The molecule has 3 rings (SSSR count). The van der Waals surface area contributed by atoms with E-state index in [1.807, 2.05) is 4.31 Å². The zero-order valence-electron chi connectivity index (χ0n) is 12.3. The molecule has 2 unspecified atom stereocenters. The smallest absolute Gasteiger partial charge is 0.225 e. The van der Waals surface area contributed by atoms with E-state index < -0.39 is 11.4 Å².